The summed E-state index contributed by atoms with van der Waals surface area (Å²) in [5.74, 6) is 0.280. The molecule has 1 aliphatic carbocycles. The highest BCUT2D eigenvalue weighted by molar-refractivity contribution is 5.79. The average molecular weight is 228 g/mol. The number of carbonyl (C=O) groups is 1. The van der Waals surface area contributed by atoms with Gasteiger partial charge in [0.25, 0.3) is 0 Å². The summed E-state index contributed by atoms with van der Waals surface area (Å²) in [6, 6.07) is 0.184. The van der Waals surface area contributed by atoms with Crippen LogP contribution in [0.2, 0.25) is 0 Å². The minimum atomic E-state index is -0.215. The third-order valence-electron chi connectivity index (χ3n) is 3.48. The van der Waals surface area contributed by atoms with Gasteiger partial charge >= 0.3 is 0 Å². The summed E-state index contributed by atoms with van der Waals surface area (Å²) in [5, 5.41) is 9.02. The Bertz CT molecular complexity index is 260. The number of ether oxygens (including phenoxy) is 1. The molecule has 0 radical (unpaired) electrons. The predicted octanol–water partition coefficient (Wildman–Crippen LogP) is -0.666. The Morgan fingerprint density at radius 3 is 2.94 bits per heavy atom. The number of rotatable bonds is 2. The summed E-state index contributed by atoms with van der Waals surface area (Å²) in [5.41, 5.74) is 5.81. The minimum Gasteiger partial charge on any atom is -0.394 e. The first-order valence-corrected chi connectivity index (χ1v) is 5.97. The molecule has 3 unspecified atom stereocenters. The van der Waals surface area contributed by atoms with Crippen LogP contribution in [0.25, 0.3) is 0 Å². The van der Waals surface area contributed by atoms with E-state index in [1.165, 1.54) is 0 Å². The molecule has 0 aromatic carbocycles. The van der Waals surface area contributed by atoms with Gasteiger partial charge in [0.15, 0.2) is 0 Å². The molecule has 0 bridgehead atoms. The summed E-state index contributed by atoms with van der Waals surface area (Å²) >= 11 is 0. The SMILES string of the molecule is NC1CCC(C(=O)N2CCOC(CO)C2)C1. The summed E-state index contributed by atoms with van der Waals surface area (Å²) in [7, 11) is 0. The van der Waals surface area contributed by atoms with Crippen LogP contribution in [0.1, 0.15) is 19.3 Å². The monoisotopic (exact) mass is 228 g/mol. The van der Waals surface area contributed by atoms with Crippen LogP contribution >= 0.6 is 0 Å². The molecule has 3 N–H and O–H groups in total. The zero-order valence-corrected chi connectivity index (χ0v) is 9.47. The molecule has 5 heteroatoms. The maximum Gasteiger partial charge on any atom is 0.225 e. The van der Waals surface area contributed by atoms with Crippen molar-refractivity contribution in [2.45, 2.75) is 31.4 Å². The summed E-state index contributed by atoms with van der Waals surface area (Å²) in [6.07, 6.45) is 2.44. The molecule has 0 aromatic rings. The van der Waals surface area contributed by atoms with Crippen molar-refractivity contribution >= 4 is 5.91 Å². The molecular formula is C11H20N2O3. The first-order chi connectivity index (χ1) is 7.70. The number of hydrogen-bond acceptors (Lipinski definition) is 4. The Labute approximate surface area is 95.5 Å². The smallest absolute Gasteiger partial charge is 0.225 e. The molecule has 0 spiro atoms. The highest BCUT2D eigenvalue weighted by Gasteiger charge is 2.33. The molecule has 0 aromatic heterocycles. The topological polar surface area (TPSA) is 75.8 Å². The van der Waals surface area contributed by atoms with Crippen molar-refractivity contribution in [3.05, 3.63) is 0 Å². The van der Waals surface area contributed by atoms with Crippen molar-refractivity contribution in [3.8, 4) is 0 Å². The van der Waals surface area contributed by atoms with Crippen LogP contribution in [0.15, 0.2) is 0 Å². The van der Waals surface area contributed by atoms with Crippen molar-refractivity contribution in [2.75, 3.05) is 26.3 Å². The molecule has 2 rings (SSSR count). The van der Waals surface area contributed by atoms with E-state index in [1.54, 1.807) is 0 Å². The largest absolute Gasteiger partial charge is 0.394 e. The van der Waals surface area contributed by atoms with E-state index in [0.29, 0.717) is 19.7 Å². The standard InChI is InChI=1S/C11H20N2O3/c12-9-2-1-8(5-9)11(15)13-3-4-16-10(6-13)7-14/h8-10,14H,1-7,12H2. The third-order valence-corrected chi connectivity index (χ3v) is 3.48. The number of carbonyl (C=O) groups excluding carboxylic acids is 1. The van der Waals surface area contributed by atoms with Gasteiger partial charge in [-0.05, 0) is 19.3 Å². The van der Waals surface area contributed by atoms with Crippen LogP contribution in [-0.2, 0) is 9.53 Å². The predicted molar refractivity (Wildman–Crippen MR) is 58.7 cm³/mol. The molecule has 1 saturated carbocycles. The molecule has 16 heavy (non-hydrogen) atoms. The van der Waals surface area contributed by atoms with E-state index in [-0.39, 0.29) is 30.6 Å². The molecule has 1 saturated heterocycles. The van der Waals surface area contributed by atoms with E-state index in [9.17, 15) is 4.79 Å². The van der Waals surface area contributed by atoms with Crippen molar-refractivity contribution in [2.24, 2.45) is 11.7 Å². The van der Waals surface area contributed by atoms with Gasteiger partial charge in [0, 0.05) is 25.0 Å². The Morgan fingerprint density at radius 2 is 2.31 bits per heavy atom. The second-order valence-electron chi connectivity index (χ2n) is 4.73. The third kappa shape index (κ3) is 2.53. The lowest BCUT2D eigenvalue weighted by molar-refractivity contribution is -0.144. The van der Waals surface area contributed by atoms with Gasteiger partial charge in [-0.25, -0.2) is 0 Å². The van der Waals surface area contributed by atoms with Gasteiger partial charge in [-0.3, -0.25) is 4.79 Å². The van der Waals surface area contributed by atoms with Gasteiger partial charge in [0.1, 0.15) is 0 Å². The highest BCUT2D eigenvalue weighted by atomic mass is 16.5. The van der Waals surface area contributed by atoms with Crippen molar-refractivity contribution in [3.63, 3.8) is 0 Å². The molecule has 2 fully saturated rings. The number of aliphatic hydroxyl groups excluding tert-OH is 1. The second kappa shape index (κ2) is 5.12. The molecule has 3 atom stereocenters. The molecule has 92 valence electrons. The second-order valence-corrected chi connectivity index (χ2v) is 4.73. The lowest BCUT2D eigenvalue weighted by atomic mass is 10.1. The number of nitrogens with zero attached hydrogens (tertiary/aromatic N) is 1. The quantitative estimate of drug-likeness (QED) is 0.657. The van der Waals surface area contributed by atoms with Gasteiger partial charge in [-0.1, -0.05) is 0 Å². The van der Waals surface area contributed by atoms with Crippen molar-refractivity contribution in [1.82, 2.24) is 4.90 Å². The van der Waals surface area contributed by atoms with Crippen LogP contribution in [0.5, 0.6) is 0 Å². The highest BCUT2D eigenvalue weighted by Crippen LogP contribution is 2.26. The van der Waals surface area contributed by atoms with E-state index < -0.39 is 0 Å². The van der Waals surface area contributed by atoms with E-state index in [2.05, 4.69) is 0 Å². The number of hydrogen-bond donors (Lipinski definition) is 2. The molecule has 1 aliphatic heterocycles. The lowest BCUT2D eigenvalue weighted by Gasteiger charge is -2.33. The molecule has 1 amide bonds. The van der Waals surface area contributed by atoms with E-state index in [0.717, 1.165) is 19.3 Å². The van der Waals surface area contributed by atoms with Crippen LogP contribution < -0.4 is 5.73 Å². The van der Waals surface area contributed by atoms with Gasteiger partial charge in [-0.2, -0.15) is 0 Å². The maximum atomic E-state index is 12.1. The fourth-order valence-corrected chi connectivity index (χ4v) is 2.53. The fourth-order valence-electron chi connectivity index (χ4n) is 2.53. The van der Waals surface area contributed by atoms with Gasteiger partial charge in [0.05, 0.1) is 19.3 Å². The Hall–Kier alpha value is -0.650. The fraction of sp³-hybridized carbons (Fsp3) is 0.909. The zero-order chi connectivity index (χ0) is 11.5. The number of amides is 1. The zero-order valence-electron chi connectivity index (χ0n) is 9.47. The molecule has 2 aliphatic rings. The lowest BCUT2D eigenvalue weighted by Crippen LogP contribution is -2.48. The number of morpholine rings is 1. The molecule has 1 heterocycles. The number of aliphatic hydroxyl groups is 1. The van der Waals surface area contributed by atoms with Crippen LogP contribution in [0.4, 0.5) is 0 Å². The maximum absolute atomic E-state index is 12.1. The van der Waals surface area contributed by atoms with Crippen molar-refractivity contribution < 1.29 is 14.6 Å². The Morgan fingerprint density at radius 1 is 1.50 bits per heavy atom. The summed E-state index contributed by atoms with van der Waals surface area (Å²) < 4.78 is 5.32. The average Bonchev–Trinajstić information content (AvgIpc) is 2.75. The first-order valence-electron chi connectivity index (χ1n) is 5.97. The minimum absolute atomic E-state index is 0.0199. The van der Waals surface area contributed by atoms with E-state index >= 15 is 0 Å². The summed E-state index contributed by atoms with van der Waals surface area (Å²) in [6.45, 7) is 1.66. The van der Waals surface area contributed by atoms with Gasteiger partial charge in [0.2, 0.25) is 5.91 Å². The summed E-state index contributed by atoms with van der Waals surface area (Å²) in [4.78, 5) is 14.0. The van der Waals surface area contributed by atoms with Crippen LogP contribution in [0, 0.1) is 5.92 Å². The Kier molecular flexibility index (Phi) is 3.78. The van der Waals surface area contributed by atoms with E-state index in [4.69, 9.17) is 15.6 Å². The Balaban J connectivity index is 1.89. The first kappa shape index (κ1) is 11.8. The van der Waals surface area contributed by atoms with Gasteiger partial charge in [-0.15, -0.1) is 0 Å². The van der Waals surface area contributed by atoms with Gasteiger partial charge < -0.3 is 20.5 Å². The van der Waals surface area contributed by atoms with Crippen LogP contribution in [-0.4, -0.2) is 54.4 Å². The molecular weight excluding hydrogens is 208 g/mol. The normalized spacial score (nSPS) is 35.4. The molecule has 5 nitrogen and oxygen atoms in total. The number of nitrogens with two attached hydrogens (primary N) is 1. The van der Waals surface area contributed by atoms with Crippen molar-refractivity contribution in [1.29, 1.82) is 0 Å². The van der Waals surface area contributed by atoms with E-state index in [1.807, 2.05) is 4.90 Å². The van der Waals surface area contributed by atoms with Crippen LogP contribution in [0.3, 0.4) is 0 Å².